The van der Waals surface area contributed by atoms with Gasteiger partial charge in [0.25, 0.3) is 5.91 Å². The number of carbonyl (C=O) groups excluding carboxylic acids is 1. The molecule has 0 aliphatic carbocycles. The molecule has 0 aliphatic rings. The number of halogens is 2. The van der Waals surface area contributed by atoms with Gasteiger partial charge in [-0.05, 0) is 54.4 Å². The molecule has 0 radical (unpaired) electrons. The summed E-state index contributed by atoms with van der Waals surface area (Å²) in [7, 11) is 3.16. The maximum Gasteiger partial charge on any atom is 0.251 e. The Bertz CT molecular complexity index is 1630. The maximum absolute atomic E-state index is 13.1. The van der Waals surface area contributed by atoms with Crippen LogP contribution < -0.4 is 14.8 Å². The van der Waals surface area contributed by atoms with E-state index in [1.165, 1.54) is 5.56 Å². The van der Waals surface area contributed by atoms with E-state index in [2.05, 4.69) is 22.0 Å². The summed E-state index contributed by atoms with van der Waals surface area (Å²) >= 11 is 12.5. The first kappa shape index (κ1) is 26.6. The fourth-order valence-corrected chi connectivity index (χ4v) is 4.91. The lowest BCUT2D eigenvalue weighted by atomic mass is 10.1. The number of methoxy groups -OCH3 is 2. The van der Waals surface area contributed by atoms with Gasteiger partial charge in [-0.25, -0.2) is 4.98 Å². The molecule has 1 heterocycles. The number of rotatable bonds is 9. The zero-order valence-corrected chi connectivity index (χ0v) is 23.1. The number of aryl methyl sites for hydroxylation is 2. The number of para-hydroxylation sites is 1. The van der Waals surface area contributed by atoms with Gasteiger partial charge in [0.15, 0.2) is 11.5 Å². The molecular formula is C31H27Cl2N3O3. The van der Waals surface area contributed by atoms with E-state index < -0.39 is 0 Å². The van der Waals surface area contributed by atoms with Gasteiger partial charge >= 0.3 is 0 Å². The summed E-state index contributed by atoms with van der Waals surface area (Å²) in [6, 6.07) is 26.9. The van der Waals surface area contributed by atoms with Crippen molar-refractivity contribution < 1.29 is 14.3 Å². The van der Waals surface area contributed by atoms with E-state index >= 15 is 0 Å². The first-order valence-electron chi connectivity index (χ1n) is 12.5. The molecule has 0 atom stereocenters. The highest BCUT2D eigenvalue weighted by Crippen LogP contribution is 2.32. The van der Waals surface area contributed by atoms with Gasteiger partial charge in [-0.15, -0.1) is 0 Å². The Hall–Kier alpha value is -4.00. The molecule has 0 spiro atoms. The van der Waals surface area contributed by atoms with Gasteiger partial charge in [-0.1, -0.05) is 65.7 Å². The van der Waals surface area contributed by atoms with Crippen LogP contribution in [0, 0.1) is 0 Å². The van der Waals surface area contributed by atoms with E-state index in [9.17, 15) is 4.79 Å². The molecule has 8 heteroatoms. The lowest BCUT2D eigenvalue weighted by Gasteiger charge is -2.13. The zero-order chi connectivity index (χ0) is 27.4. The molecule has 1 amide bonds. The summed E-state index contributed by atoms with van der Waals surface area (Å²) in [5.41, 5.74) is 5.05. The molecule has 0 bridgehead atoms. The second-order valence-corrected chi connectivity index (χ2v) is 9.80. The highest BCUT2D eigenvalue weighted by Gasteiger charge is 2.17. The Morgan fingerprint density at radius 2 is 1.72 bits per heavy atom. The first-order valence-corrected chi connectivity index (χ1v) is 13.2. The lowest BCUT2D eigenvalue weighted by molar-refractivity contribution is 0.0950. The number of amides is 1. The Morgan fingerprint density at radius 3 is 2.46 bits per heavy atom. The smallest absolute Gasteiger partial charge is 0.251 e. The minimum Gasteiger partial charge on any atom is -0.493 e. The molecule has 0 fully saturated rings. The molecular weight excluding hydrogens is 533 g/mol. The van der Waals surface area contributed by atoms with Crippen LogP contribution in [-0.4, -0.2) is 29.7 Å². The normalized spacial score (nSPS) is 11.0. The monoisotopic (exact) mass is 559 g/mol. The molecule has 0 saturated carbocycles. The third-order valence-corrected chi connectivity index (χ3v) is 7.32. The molecule has 0 saturated heterocycles. The van der Waals surface area contributed by atoms with Crippen molar-refractivity contribution >= 4 is 40.1 Å². The van der Waals surface area contributed by atoms with Gasteiger partial charge < -0.3 is 19.4 Å². The third kappa shape index (κ3) is 5.72. The molecule has 6 nitrogen and oxygen atoms in total. The number of hydrogen-bond acceptors (Lipinski definition) is 4. The van der Waals surface area contributed by atoms with Gasteiger partial charge in [-0.3, -0.25) is 4.79 Å². The summed E-state index contributed by atoms with van der Waals surface area (Å²) in [6.45, 7) is 0.995. The first-order chi connectivity index (χ1) is 19.0. The lowest BCUT2D eigenvalue weighted by Crippen LogP contribution is -2.23. The number of nitrogens with zero attached hydrogens (tertiary/aromatic N) is 2. The average Bonchev–Trinajstić information content (AvgIpc) is 3.34. The van der Waals surface area contributed by atoms with Crippen LogP contribution in [0.1, 0.15) is 21.5 Å². The van der Waals surface area contributed by atoms with E-state index in [-0.39, 0.29) is 12.5 Å². The number of fused-ring (bicyclic) bond motifs is 1. The maximum atomic E-state index is 13.1. The van der Waals surface area contributed by atoms with Crippen LogP contribution in [0.3, 0.4) is 0 Å². The second-order valence-electron chi connectivity index (χ2n) is 8.99. The van der Waals surface area contributed by atoms with Crippen LogP contribution >= 0.6 is 23.2 Å². The van der Waals surface area contributed by atoms with Crippen LogP contribution in [0.4, 0.5) is 0 Å². The predicted molar refractivity (Wildman–Crippen MR) is 156 cm³/mol. The van der Waals surface area contributed by atoms with E-state index in [1.807, 2.05) is 66.7 Å². The Kier molecular flexibility index (Phi) is 8.05. The summed E-state index contributed by atoms with van der Waals surface area (Å²) in [4.78, 5) is 18.0. The summed E-state index contributed by atoms with van der Waals surface area (Å²) in [6.07, 6.45) is 0.825. The van der Waals surface area contributed by atoms with Crippen molar-refractivity contribution in [1.82, 2.24) is 14.9 Å². The fourth-order valence-electron chi connectivity index (χ4n) is 4.61. The number of benzene rings is 4. The van der Waals surface area contributed by atoms with Crippen molar-refractivity contribution in [3.05, 3.63) is 112 Å². The molecule has 5 rings (SSSR count). The fraction of sp³-hybridized carbons (Fsp3) is 0.161. The van der Waals surface area contributed by atoms with E-state index in [4.69, 9.17) is 37.7 Å². The molecule has 4 aromatic carbocycles. The van der Waals surface area contributed by atoms with Gasteiger partial charge in [0.1, 0.15) is 5.82 Å². The molecule has 1 N–H and O–H groups in total. The van der Waals surface area contributed by atoms with Gasteiger partial charge in [0.05, 0.1) is 35.3 Å². The molecule has 0 unspecified atom stereocenters. The van der Waals surface area contributed by atoms with Crippen LogP contribution in [0.2, 0.25) is 10.0 Å². The molecule has 0 aliphatic heterocycles. The number of hydrogen-bond donors (Lipinski definition) is 1. The Balaban J connectivity index is 1.45. The molecule has 5 aromatic rings. The van der Waals surface area contributed by atoms with Crippen LogP contribution in [0.25, 0.3) is 22.4 Å². The molecule has 198 valence electrons. The molecule has 1 aromatic heterocycles. The van der Waals surface area contributed by atoms with E-state index in [0.29, 0.717) is 33.7 Å². The Labute approximate surface area is 237 Å². The van der Waals surface area contributed by atoms with Crippen molar-refractivity contribution in [2.24, 2.45) is 0 Å². The van der Waals surface area contributed by atoms with Crippen molar-refractivity contribution in [3.8, 4) is 22.9 Å². The van der Waals surface area contributed by atoms with E-state index in [1.54, 1.807) is 20.3 Å². The minimum atomic E-state index is -0.211. The van der Waals surface area contributed by atoms with Gasteiger partial charge in [0, 0.05) is 29.8 Å². The zero-order valence-electron chi connectivity index (χ0n) is 21.6. The predicted octanol–water partition coefficient (Wildman–Crippen LogP) is 7.20. The largest absolute Gasteiger partial charge is 0.493 e. The van der Waals surface area contributed by atoms with Crippen molar-refractivity contribution in [1.29, 1.82) is 0 Å². The number of ether oxygens (including phenoxy) is 2. The molecule has 39 heavy (non-hydrogen) atoms. The minimum absolute atomic E-state index is 0.211. The van der Waals surface area contributed by atoms with E-state index in [0.717, 1.165) is 34.4 Å². The summed E-state index contributed by atoms with van der Waals surface area (Å²) in [5.74, 6) is 1.76. The van der Waals surface area contributed by atoms with Crippen LogP contribution in [0.5, 0.6) is 11.5 Å². The van der Waals surface area contributed by atoms with Crippen molar-refractivity contribution in [2.45, 2.75) is 19.5 Å². The van der Waals surface area contributed by atoms with Gasteiger partial charge in [0.2, 0.25) is 0 Å². The number of imidazole rings is 1. The third-order valence-electron chi connectivity index (χ3n) is 6.58. The topological polar surface area (TPSA) is 65.4 Å². The number of carbonyl (C=O) groups is 1. The van der Waals surface area contributed by atoms with Gasteiger partial charge in [-0.2, -0.15) is 0 Å². The summed E-state index contributed by atoms with van der Waals surface area (Å²) < 4.78 is 13.0. The Morgan fingerprint density at radius 1 is 0.897 bits per heavy atom. The number of nitrogens with one attached hydrogen (secondary N) is 1. The number of aromatic nitrogens is 2. The standard InChI is InChI=1S/C31H27Cl2N3O3/c1-38-28-10-6-9-23(29(28)39-2)19-34-31(37)22-12-14-27-26(18-22)35-30(21-11-13-24(32)25(33)17-21)36(27)16-15-20-7-4-3-5-8-20/h3-14,17-18H,15-16,19H2,1-2H3,(H,34,37). The van der Waals surface area contributed by atoms with Crippen molar-refractivity contribution in [2.75, 3.05) is 14.2 Å². The average molecular weight is 560 g/mol. The highest BCUT2D eigenvalue weighted by molar-refractivity contribution is 6.42. The van der Waals surface area contributed by atoms with Crippen LogP contribution in [0.15, 0.2) is 84.9 Å². The quantitative estimate of drug-likeness (QED) is 0.207. The SMILES string of the molecule is COc1cccc(CNC(=O)c2ccc3c(c2)nc(-c2ccc(Cl)c(Cl)c2)n3CCc2ccccc2)c1OC. The van der Waals surface area contributed by atoms with Crippen LogP contribution in [-0.2, 0) is 19.5 Å². The highest BCUT2D eigenvalue weighted by atomic mass is 35.5. The van der Waals surface area contributed by atoms with Crippen molar-refractivity contribution in [3.63, 3.8) is 0 Å². The summed E-state index contributed by atoms with van der Waals surface area (Å²) in [5, 5.41) is 3.93. The second kappa shape index (κ2) is 11.8.